The number of hydrogen-bond acceptors (Lipinski definition) is 4. The number of unbranched alkanes of at least 4 members (excludes halogenated alkanes) is 15. The zero-order valence-electron chi connectivity index (χ0n) is 19.8. The van der Waals surface area contributed by atoms with E-state index in [-0.39, 0.29) is 24.3 Å². The first-order valence-electron chi connectivity index (χ1n) is 13.1. The van der Waals surface area contributed by atoms with Crippen molar-refractivity contribution >= 4 is 11.9 Å². The molecule has 1 rings (SSSR count). The van der Waals surface area contributed by atoms with Crippen molar-refractivity contribution < 1.29 is 19.1 Å². The maximum Gasteiger partial charge on any atom is 0.309 e. The van der Waals surface area contributed by atoms with Crippen LogP contribution >= 0.6 is 0 Å². The minimum atomic E-state index is -0.317. The first-order valence-corrected chi connectivity index (χ1v) is 13.1. The summed E-state index contributed by atoms with van der Waals surface area (Å²) >= 11 is 0. The Kier molecular flexibility index (Phi) is 17.9. The van der Waals surface area contributed by atoms with Gasteiger partial charge in [-0.3, -0.25) is 9.59 Å². The van der Waals surface area contributed by atoms with Gasteiger partial charge in [-0.05, 0) is 19.3 Å². The zero-order valence-corrected chi connectivity index (χ0v) is 19.8. The van der Waals surface area contributed by atoms with Crippen LogP contribution in [-0.4, -0.2) is 25.2 Å². The van der Waals surface area contributed by atoms with E-state index in [9.17, 15) is 9.59 Å². The molecular formula is C26H48O4. The minimum absolute atomic E-state index is 0.178. The van der Waals surface area contributed by atoms with Crippen molar-refractivity contribution in [1.82, 2.24) is 0 Å². The quantitative estimate of drug-likeness (QED) is 0.179. The highest BCUT2D eigenvalue weighted by atomic mass is 16.5. The monoisotopic (exact) mass is 424 g/mol. The highest BCUT2D eigenvalue weighted by Gasteiger charge is 2.24. The molecular weight excluding hydrogens is 376 g/mol. The van der Waals surface area contributed by atoms with Gasteiger partial charge >= 0.3 is 11.9 Å². The Labute approximate surface area is 185 Å². The molecule has 0 aromatic heterocycles. The van der Waals surface area contributed by atoms with Crippen LogP contribution in [0.25, 0.3) is 0 Å². The molecule has 0 aliphatic carbocycles. The molecule has 1 atom stereocenters. The van der Waals surface area contributed by atoms with Gasteiger partial charge in [-0.2, -0.15) is 0 Å². The van der Waals surface area contributed by atoms with Gasteiger partial charge in [-0.15, -0.1) is 0 Å². The fourth-order valence-electron chi connectivity index (χ4n) is 4.18. The summed E-state index contributed by atoms with van der Waals surface area (Å²) in [5, 5.41) is 0. The molecule has 4 heteroatoms. The van der Waals surface area contributed by atoms with Crippen LogP contribution in [0.15, 0.2) is 0 Å². The van der Waals surface area contributed by atoms with E-state index in [1.165, 1.54) is 89.9 Å². The molecule has 0 aromatic carbocycles. The molecule has 0 aromatic rings. The average molecular weight is 425 g/mol. The molecule has 1 fully saturated rings. The summed E-state index contributed by atoms with van der Waals surface area (Å²) in [4.78, 5) is 23.9. The summed E-state index contributed by atoms with van der Waals surface area (Å²) in [6.07, 6.45) is 23.8. The van der Waals surface area contributed by atoms with Crippen molar-refractivity contribution in [3.63, 3.8) is 0 Å². The lowest BCUT2D eigenvalue weighted by molar-refractivity contribution is -0.157. The van der Waals surface area contributed by atoms with Gasteiger partial charge in [0, 0.05) is 0 Å². The molecule has 176 valence electrons. The molecule has 0 bridgehead atoms. The molecule has 30 heavy (non-hydrogen) atoms. The Morgan fingerprint density at radius 1 is 0.633 bits per heavy atom. The molecule has 1 aliphatic heterocycles. The Morgan fingerprint density at radius 2 is 1.07 bits per heavy atom. The second-order valence-electron chi connectivity index (χ2n) is 9.09. The van der Waals surface area contributed by atoms with Crippen LogP contribution in [0.2, 0.25) is 0 Å². The van der Waals surface area contributed by atoms with E-state index >= 15 is 0 Å². The summed E-state index contributed by atoms with van der Waals surface area (Å²) in [5.41, 5.74) is 0. The predicted molar refractivity (Wildman–Crippen MR) is 123 cm³/mol. The average Bonchev–Trinajstić information content (AvgIpc) is 2.74. The van der Waals surface area contributed by atoms with E-state index in [4.69, 9.17) is 9.47 Å². The van der Waals surface area contributed by atoms with Gasteiger partial charge in [0.05, 0.1) is 25.6 Å². The van der Waals surface area contributed by atoms with Gasteiger partial charge in [-0.25, -0.2) is 0 Å². The normalized spacial score (nSPS) is 18.1. The van der Waals surface area contributed by atoms with Crippen molar-refractivity contribution in [1.29, 1.82) is 0 Å². The van der Waals surface area contributed by atoms with Crippen LogP contribution in [0.4, 0.5) is 0 Å². The molecule has 0 radical (unpaired) electrons. The van der Waals surface area contributed by atoms with Crippen LogP contribution in [0.1, 0.15) is 135 Å². The van der Waals surface area contributed by atoms with Gasteiger partial charge in [0.1, 0.15) is 0 Å². The Bertz CT molecular complexity index is 421. The number of carbonyl (C=O) groups is 2. The minimum Gasteiger partial charge on any atom is -0.466 e. The van der Waals surface area contributed by atoms with Gasteiger partial charge in [0.2, 0.25) is 0 Å². The first kappa shape index (κ1) is 27.0. The largest absolute Gasteiger partial charge is 0.466 e. The van der Waals surface area contributed by atoms with E-state index in [1.54, 1.807) is 0 Å². The number of rotatable bonds is 17. The van der Waals surface area contributed by atoms with Gasteiger partial charge < -0.3 is 9.47 Å². The summed E-state index contributed by atoms with van der Waals surface area (Å²) in [5.74, 6) is -0.785. The lowest BCUT2D eigenvalue weighted by atomic mass is 9.97. The summed E-state index contributed by atoms with van der Waals surface area (Å²) in [6.45, 7) is 3.17. The fraction of sp³-hybridized carbons (Fsp3) is 0.923. The number of hydrogen-bond donors (Lipinski definition) is 0. The van der Waals surface area contributed by atoms with E-state index < -0.39 is 0 Å². The molecule has 1 saturated heterocycles. The van der Waals surface area contributed by atoms with Gasteiger partial charge in [-0.1, -0.05) is 110 Å². The molecule has 4 nitrogen and oxygen atoms in total. The van der Waals surface area contributed by atoms with Crippen molar-refractivity contribution in [2.24, 2.45) is 5.92 Å². The third-order valence-electron chi connectivity index (χ3n) is 6.20. The maximum atomic E-state index is 12.1. The number of carbonyl (C=O) groups excluding carboxylic acids is 2. The van der Waals surface area contributed by atoms with Crippen LogP contribution < -0.4 is 0 Å². The van der Waals surface area contributed by atoms with Crippen LogP contribution in [-0.2, 0) is 19.1 Å². The van der Waals surface area contributed by atoms with Gasteiger partial charge in [0.25, 0.3) is 0 Å². The van der Waals surface area contributed by atoms with Crippen molar-refractivity contribution in [3.05, 3.63) is 0 Å². The number of esters is 2. The molecule has 0 amide bonds. The zero-order chi connectivity index (χ0) is 21.7. The second kappa shape index (κ2) is 19.9. The molecule has 1 unspecified atom stereocenters. The summed E-state index contributed by atoms with van der Waals surface area (Å²) < 4.78 is 10.5. The fourth-order valence-corrected chi connectivity index (χ4v) is 4.18. The second-order valence-corrected chi connectivity index (χ2v) is 9.09. The van der Waals surface area contributed by atoms with E-state index in [0.29, 0.717) is 13.2 Å². The lowest BCUT2D eigenvalue weighted by Gasteiger charge is -2.17. The standard InChI is InChI=1S/C26H48O4/c1-2-3-4-5-6-7-8-9-10-11-12-13-14-15-16-17-20-24-23-25(27)29-21-18-19-22-30-26(24)28/h24H,2-23H2,1H3. The van der Waals surface area contributed by atoms with Crippen LogP contribution in [0.5, 0.6) is 0 Å². The maximum absolute atomic E-state index is 12.1. The van der Waals surface area contributed by atoms with Crippen molar-refractivity contribution in [2.75, 3.05) is 13.2 Å². The highest BCUT2D eigenvalue weighted by molar-refractivity contribution is 5.80. The first-order chi connectivity index (χ1) is 14.7. The van der Waals surface area contributed by atoms with Crippen molar-refractivity contribution in [3.8, 4) is 0 Å². The molecule has 0 N–H and O–H groups in total. The smallest absolute Gasteiger partial charge is 0.309 e. The van der Waals surface area contributed by atoms with Crippen LogP contribution in [0, 0.1) is 5.92 Å². The van der Waals surface area contributed by atoms with E-state index in [0.717, 1.165) is 32.1 Å². The Hall–Kier alpha value is -1.06. The SMILES string of the molecule is CCCCCCCCCCCCCCCCCCC1CC(=O)OCCCCOC1=O. The summed E-state index contributed by atoms with van der Waals surface area (Å²) in [6, 6.07) is 0. The molecule has 1 aliphatic rings. The van der Waals surface area contributed by atoms with E-state index in [1.807, 2.05) is 0 Å². The van der Waals surface area contributed by atoms with Crippen molar-refractivity contribution in [2.45, 2.75) is 135 Å². The number of ether oxygens (including phenoxy) is 2. The predicted octanol–water partition coefficient (Wildman–Crippen LogP) is 7.52. The Balaban J connectivity index is 1.91. The van der Waals surface area contributed by atoms with E-state index in [2.05, 4.69) is 6.92 Å². The van der Waals surface area contributed by atoms with Crippen LogP contribution in [0.3, 0.4) is 0 Å². The topological polar surface area (TPSA) is 52.6 Å². The third kappa shape index (κ3) is 15.7. The van der Waals surface area contributed by atoms with Gasteiger partial charge in [0.15, 0.2) is 0 Å². The molecule has 0 spiro atoms. The third-order valence-corrected chi connectivity index (χ3v) is 6.20. The molecule has 1 heterocycles. The molecule has 0 saturated carbocycles. The highest BCUT2D eigenvalue weighted by Crippen LogP contribution is 2.19. The summed E-state index contributed by atoms with van der Waals surface area (Å²) in [7, 11) is 0. The number of cyclic esters (lactones) is 2. The Morgan fingerprint density at radius 3 is 1.57 bits per heavy atom. The lowest BCUT2D eigenvalue weighted by Crippen LogP contribution is -2.24.